The number of nitrogens with one attached hydrogen (secondary N) is 2. The van der Waals surface area contributed by atoms with Crippen molar-refractivity contribution in [1.29, 1.82) is 0 Å². The SMILES string of the molecule is CNC1(C)CC[C@@H](Nc2c(C(N)=O)cnn3cc(-c4cccc(C(N)=O)c4)cc23)C1(C)C. The molecule has 4 rings (SSSR count). The van der Waals surface area contributed by atoms with Gasteiger partial charge >= 0.3 is 0 Å². The van der Waals surface area contributed by atoms with Crippen LogP contribution < -0.4 is 22.1 Å². The Balaban J connectivity index is 1.81. The minimum absolute atomic E-state index is 0.0385. The van der Waals surface area contributed by atoms with Crippen molar-refractivity contribution in [2.75, 3.05) is 12.4 Å². The van der Waals surface area contributed by atoms with Gasteiger partial charge in [0.1, 0.15) is 0 Å². The van der Waals surface area contributed by atoms with Gasteiger partial charge in [0, 0.05) is 34.3 Å². The second-order valence-electron chi connectivity index (χ2n) is 9.34. The fourth-order valence-electron chi connectivity index (χ4n) is 4.78. The van der Waals surface area contributed by atoms with E-state index in [2.05, 4.69) is 36.5 Å². The van der Waals surface area contributed by atoms with Gasteiger partial charge in [-0.25, -0.2) is 4.52 Å². The van der Waals surface area contributed by atoms with E-state index in [0.717, 1.165) is 29.5 Å². The Morgan fingerprint density at radius 2 is 1.88 bits per heavy atom. The largest absolute Gasteiger partial charge is 0.379 e. The fourth-order valence-corrected chi connectivity index (χ4v) is 4.78. The molecule has 1 fully saturated rings. The molecule has 8 nitrogen and oxygen atoms in total. The average Bonchev–Trinajstić information content (AvgIpc) is 3.29. The van der Waals surface area contributed by atoms with Crippen LogP contribution in [-0.2, 0) is 0 Å². The number of amides is 2. The highest BCUT2D eigenvalue weighted by Crippen LogP contribution is 2.47. The van der Waals surface area contributed by atoms with E-state index in [9.17, 15) is 9.59 Å². The highest BCUT2D eigenvalue weighted by molar-refractivity contribution is 6.02. The quantitative estimate of drug-likeness (QED) is 0.474. The molecule has 3 aromatic rings. The van der Waals surface area contributed by atoms with E-state index in [4.69, 9.17) is 11.5 Å². The number of nitrogens with zero attached hydrogens (tertiary/aromatic N) is 2. The van der Waals surface area contributed by atoms with Gasteiger partial charge in [-0.05, 0) is 50.6 Å². The molecule has 168 valence electrons. The van der Waals surface area contributed by atoms with Crippen LogP contribution >= 0.6 is 0 Å². The Bertz CT molecular complexity index is 1210. The van der Waals surface area contributed by atoms with Crippen molar-refractivity contribution in [2.45, 2.75) is 45.2 Å². The normalized spacial score (nSPS) is 22.2. The molecule has 1 aliphatic rings. The lowest BCUT2D eigenvalue weighted by Gasteiger charge is -2.42. The summed E-state index contributed by atoms with van der Waals surface area (Å²) in [7, 11) is 1.99. The van der Waals surface area contributed by atoms with Crippen molar-refractivity contribution in [1.82, 2.24) is 14.9 Å². The Morgan fingerprint density at radius 3 is 2.50 bits per heavy atom. The van der Waals surface area contributed by atoms with Gasteiger partial charge in [0.15, 0.2) is 0 Å². The molecule has 1 aliphatic carbocycles. The van der Waals surface area contributed by atoms with Crippen LogP contribution in [-0.4, -0.2) is 40.1 Å². The van der Waals surface area contributed by atoms with Crippen molar-refractivity contribution in [2.24, 2.45) is 16.9 Å². The fraction of sp³-hybridized carbons (Fsp3) is 0.375. The van der Waals surface area contributed by atoms with Crippen molar-refractivity contribution in [3.63, 3.8) is 0 Å². The Labute approximate surface area is 187 Å². The third-order valence-corrected chi connectivity index (χ3v) is 7.48. The number of carbonyl (C=O) groups is 2. The summed E-state index contributed by atoms with van der Waals surface area (Å²) in [5.41, 5.74) is 14.9. The number of nitrogens with two attached hydrogens (primary N) is 2. The Hall–Kier alpha value is -3.39. The number of rotatable bonds is 6. The van der Waals surface area contributed by atoms with Crippen LogP contribution in [0.1, 0.15) is 54.3 Å². The number of hydrogen-bond donors (Lipinski definition) is 4. The predicted molar refractivity (Wildman–Crippen MR) is 126 cm³/mol. The van der Waals surface area contributed by atoms with Crippen molar-refractivity contribution >= 4 is 23.0 Å². The molecule has 8 heteroatoms. The molecule has 0 saturated heterocycles. The summed E-state index contributed by atoms with van der Waals surface area (Å²) in [6.45, 7) is 6.69. The maximum absolute atomic E-state index is 12.2. The van der Waals surface area contributed by atoms with Crippen LogP contribution in [0.3, 0.4) is 0 Å². The lowest BCUT2D eigenvalue weighted by molar-refractivity contribution is 0.0992. The van der Waals surface area contributed by atoms with E-state index < -0.39 is 11.8 Å². The van der Waals surface area contributed by atoms with E-state index in [1.165, 1.54) is 6.20 Å². The zero-order valence-electron chi connectivity index (χ0n) is 18.9. The molecule has 1 saturated carbocycles. The van der Waals surface area contributed by atoms with Gasteiger partial charge in [0.05, 0.1) is 23.0 Å². The molecule has 2 atom stereocenters. The molecule has 0 bridgehead atoms. The molecule has 0 spiro atoms. The van der Waals surface area contributed by atoms with E-state index in [-0.39, 0.29) is 17.0 Å². The first-order valence-corrected chi connectivity index (χ1v) is 10.7. The van der Waals surface area contributed by atoms with Crippen LogP contribution in [0.4, 0.5) is 5.69 Å². The number of benzene rings is 1. The zero-order chi connectivity index (χ0) is 23.3. The van der Waals surface area contributed by atoms with Gasteiger partial charge in [0.2, 0.25) is 5.91 Å². The van der Waals surface area contributed by atoms with Crippen LogP contribution in [0.5, 0.6) is 0 Å². The van der Waals surface area contributed by atoms with E-state index in [1.807, 2.05) is 25.4 Å². The minimum Gasteiger partial charge on any atom is -0.379 e. The topological polar surface area (TPSA) is 128 Å². The lowest BCUT2D eigenvalue weighted by Crippen LogP contribution is -2.53. The maximum Gasteiger partial charge on any atom is 0.252 e. The predicted octanol–water partition coefficient (Wildman–Crippen LogP) is 2.78. The first-order chi connectivity index (χ1) is 15.1. The summed E-state index contributed by atoms with van der Waals surface area (Å²) in [5.74, 6) is -1.02. The molecule has 32 heavy (non-hydrogen) atoms. The van der Waals surface area contributed by atoms with Gasteiger partial charge in [-0.1, -0.05) is 26.0 Å². The van der Waals surface area contributed by atoms with Gasteiger partial charge in [-0.3, -0.25) is 9.59 Å². The Kier molecular flexibility index (Phi) is 5.21. The summed E-state index contributed by atoms with van der Waals surface area (Å²) < 4.78 is 1.72. The van der Waals surface area contributed by atoms with Crippen LogP contribution in [0.15, 0.2) is 42.7 Å². The molecule has 6 N–H and O–H groups in total. The number of anilines is 1. The molecule has 2 amide bonds. The summed E-state index contributed by atoms with van der Waals surface area (Å²) >= 11 is 0. The van der Waals surface area contributed by atoms with Gasteiger partial charge in [0.25, 0.3) is 5.91 Å². The lowest BCUT2D eigenvalue weighted by atomic mass is 9.74. The van der Waals surface area contributed by atoms with E-state index >= 15 is 0 Å². The molecular weight excluding hydrogens is 404 g/mol. The van der Waals surface area contributed by atoms with E-state index in [1.54, 1.807) is 22.7 Å². The van der Waals surface area contributed by atoms with Gasteiger partial charge < -0.3 is 22.1 Å². The summed E-state index contributed by atoms with van der Waals surface area (Å²) in [6, 6.07) is 9.19. The minimum atomic E-state index is -0.534. The first-order valence-electron chi connectivity index (χ1n) is 10.7. The molecule has 2 aromatic heterocycles. The van der Waals surface area contributed by atoms with Crippen LogP contribution in [0.2, 0.25) is 0 Å². The molecule has 2 heterocycles. The van der Waals surface area contributed by atoms with Crippen molar-refractivity contribution in [3.8, 4) is 11.1 Å². The first kappa shape index (κ1) is 21.8. The summed E-state index contributed by atoms with van der Waals surface area (Å²) in [5, 5.41) is 11.5. The monoisotopic (exact) mass is 434 g/mol. The third kappa shape index (κ3) is 3.40. The van der Waals surface area contributed by atoms with E-state index in [0.29, 0.717) is 16.8 Å². The molecular formula is C24H30N6O2. The van der Waals surface area contributed by atoms with Crippen LogP contribution in [0.25, 0.3) is 16.6 Å². The van der Waals surface area contributed by atoms with Gasteiger partial charge in [-0.2, -0.15) is 5.10 Å². The Morgan fingerprint density at radius 1 is 1.12 bits per heavy atom. The van der Waals surface area contributed by atoms with Crippen molar-refractivity contribution < 1.29 is 9.59 Å². The van der Waals surface area contributed by atoms with Crippen LogP contribution in [0, 0.1) is 5.41 Å². The molecule has 1 unspecified atom stereocenters. The molecule has 0 aliphatic heterocycles. The number of carbonyl (C=O) groups excluding carboxylic acids is 2. The van der Waals surface area contributed by atoms with Gasteiger partial charge in [-0.15, -0.1) is 0 Å². The third-order valence-electron chi connectivity index (χ3n) is 7.48. The number of aromatic nitrogens is 2. The second-order valence-corrected chi connectivity index (χ2v) is 9.34. The average molecular weight is 435 g/mol. The zero-order valence-corrected chi connectivity index (χ0v) is 18.9. The summed E-state index contributed by atoms with van der Waals surface area (Å²) in [6.07, 6.45) is 5.32. The number of hydrogen-bond acceptors (Lipinski definition) is 5. The standard InChI is InChI=1S/C24H30N6O2/c1-23(2)19(8-9-24(23,3)27-4)29-20-17(22(26)32)12-28-30-13-16(11-18(20)30)14-6-5-7-15(10-14)21(25)31/h5-7,10-13,19,27,29H,8-9H2,1-4H3,(H2,25,31)(H2,26,32)/t19-,24?/m1/s1. The highest BCUT2D eigenvalue weighted by atomic mass is 16.1. The maximum atomic E-state index is 12.2. The summed E-state index contributed by atoms with van der Waals surface area (Å²) in [4.78, 5) is 23.8. The number of fused-ring (bicyclic) bond motifs is 1. The molecule has 1 aromatic carbocycles. The smallest absolute Gasteiger partial charge is 0.252 e. The second kappa shape index (κ2) is 7.63. The highest BCUT2D eigenvalue weighted by Gasteiger charge is 2.51. The number of primary amides is 2. The molecule has 0 radical (unpaired) electrons. The van der Waals surface area contributed by atoms with Crippen molar-refractivity contribution in [3.05, 3.63) is 53.9 Å².